The molecular formula is C28H41N5O2S2. The molecule has 2 aliphatic rings. The molecule has 2 saturated heterocycles. The Labute approximate surface area is 231 Å². The minimum absolute atomic E-state index is 0.0727. The molecule has 0 unspecified atom stereocenters. The number of amides is 1. The number of pyridine rings is 1. The quantitative estimate of drug-likeness (QED) is 0.205. The number of aromatic nitrogens is 1. The Hall–Kier alpha value is -2.15. The number of hydrogen-bond acceptors (Lipinski definition) is 7. The van der Waals surface area contributed by atoms with Crippen LogP contribution < -0.4 is 10.5 Å². The zero-order chi connectivity index (χ0) is 26.9. The number of carbonyl (C=O) groups excluding carboxylic acids is 1. The van der Waals surface area contributed by atoms with Crippen LogP contribution in [-0.4, -0.2) is 63.9 Å². The van der Waals surface area contributed by atoms with Gasteiger partial charge in [0.2, 0.25) is 0 Å². The van der Waals surface area contributed by atoms with Gasteiger partial charge >= 0.3 is 0 Å². The van der Waals surface area contributed by atoms with Gasteiger partial charge in [0.25, 0.3) is 11.5 Å². The second kappa shape index (κ2) is 14.1. The van der Waals surface area contributed by atoms with Crippen molar-refractivity contribution in [1.82, 2.24) is 14.4 Å². The maximum Gasteiger partial charge on any atom is 0.270 e. The third-order valence-corrected chi connectivity index (χ3v) is 8.67. The number of piperazine rings is 1. The fraction of sp³-hybridized carbons (Fsp3) is 0.643. The van der Waals surface area contributed by atoms with Gasteiger partial charge in [-0.3, -0.25) is 19.1 Å². The SMILES string of the molecule is CCCCCCCCN1C(=O)/C(=C\c2c(C)c(C#N)c(=O)n(CCC)c2N2CCN(CC)CC2)SC1=S. The average molecular weight is 544 g/mol. The first kappa shape index (κ1) is 29.4. The van der Waals surface area contributed by atoms with Crippen molar-refractivity contribution in [2.45, 2.75) is 79.2 Å². The van der Waals surface area contributed by atoms with Crippen molar-refractivity contribution in [3.63, 3.8) is 0 Å². The Kier molecular flexibility index (Phi) is 11.2. The van der Waals surface area contributed by atoms with Crippen LogP contribution in [-0.2, 0) is 11.3 Å². The standard InChI is InChI=1S/C28H41N5O2S2/c1-5-8-9-10-11-12-14-33-27(35)24(37-28(33)36)19-22-21(4)23(20-29)26(34)32(13-6-2)25(22)31-17-15-30(7-3)16-18-31/h19H,5-18H2,1-4H3/b24-19+. The topological polar surface area (TPSA) is 72.6 Å². The highest BCUT2D eigenvalue weighted by molar-refractivity contribution is 8.26. The number of anilines is 1. The number of nitrogens with zero attached hydrogens (tertiary/aromatic N) is 5. The summed E-state index contributed by atoms with van der Waals surface area (Å²) in [7, 11) is 0. The van der Waals surface area contributed by atoms with Crippen molar-refractivity contribution in [2.75, 3.05) is 44.2 Å². The Morgan fingerprint density at radius 3 is 2.27 bits per heavy atom. The number of likely N-dealkylation sites (N-methyl/N-ethyl adjacent to an activating group) is 1. The summed E-state index contributed by atoms with van der Waals surface area (Å²) in [4.78, 5) is 33.7. The molecule has 0 aliphatic carbocycles. The van der Waals surface area contributed by atoms with Crippen LogP contribution in [0.3, 0.4) is 0 Å². The van der Waals surface area contributed by atoms with E-state index in [2.05, 4.69) is 29.7 Å². The van der Waals surface area contributed by atoms with Crippen LogP contribution in [0, 0.1) is 18.3 Å². The Morgan fingerprint density at radius 1 is 0.973 bits per heavy atom. The molecule has 0 aromatic carbocycles. The second-order valence-corrected chi connectivity index (χ2v) is 11.5. The molecule has 202 valence electrons. The van der Waals surface area contributed by atoms with Crippen molar-refractivity contribution < 1.29 is 4.79 Å². The first-order valence-corrected chi connectivity index (χ1v) is 15.0. The number of rotatable bonds is 12. The Morgan fingerprint density at radius 2 is 1.65 bits per heavy atom. The molecule has 0 atom stereocenters. The zero-order valence-corrected chi connectivity index (χ0v) is 24.5. The summed E-state index contributed by atoms with van der Waals surface area (Å²) in [6.07, 6.45) is 9.57. The van der Waals surface area contributed by atoms with E-state index in [1.165, 1.54) is 37.4 Å². The van der Waals surface area contributed by atoms with E-state index < -0.39 is 0 Å². The van der Waals surface area contributed by atoms with Gasteiger partial charge in [-0.05, 0) is 37.9 Å². The lowest BCUT2D eigenvalue weighted by Crippen LogP contribution is -2.48. The molecule has 0 saturated carbocycles. The Balaban J connectivity index is 1.96. The maximum atomic E-state index is 13.4. The van der Waals surface area contributed by atoms with Gasteiger partial charge in [-0.15, -0.1) is 0 Å². The van der Waals surface area contributed by atoms with Crippen molar-refractivity contribution in [3.05, 3.63) is 31.9 Å². The highest BCUT2D eigenvalue weighted by Gasteiger charge is 2.33. The summed E-state index contributed by atoms with van der Waals surface area (Å²) in [6, 6.07) is 2.13. The minimum atomic E-state index is -0.248. The van der Waals surface area contributed by atoms with E-state index >= 15 is 0 Å². The van der Waals surface area contributed by atoms with E-state index in [1.54, 1.807) is 9.47 Å². The summed E-state index contributed by atoms with van der Waals surface area (Å²) in [6.45, 7) is 13.8. The number of thioether (sulfide) groups is 1. The highest BCUT2D eigenvalue weighted by Crippen LogP contribution is 2.36. The number of thiocarbonyl (C=S) groups is 1. The first-order valence-electron chi connectivity index (χ1n) is 13.8. The number of unbranched alkanes of at least 4 members (excludes halogenated alkanes) is 5. The zero-order valence-electron chi connectivity index (χ0n) is 22.8. The van der Waals surface area contributed by atoms with E-state index in [0.29, 0.717) is 27.9 Å². The molecule has 37 heavy (non-hydrogen) atoms. The number of hydrogen-bond donors (Lipinski definition) is 0. The Bertz CT molecular complexity index is 1110. The second-order valence-electron chi connectivity index (χ2n) is 9.83. The molecule has 0 N–H and O–H groups in total. The molecule has 0 bridgehead atoms. The fourth-order valence-electron chi connectivity index (χ4n) is 5.07. The van der Waals surface area contributed by atoms with Gasteiger partial charge in [-0.2, -0.15) is 5.26 Å². The van der Waals surface area contributed by atoms with Crippen molar-refractivity contribution in [2.24, 2.45) is 0 Å². The van der Waals surface area contributed by atoms with Gasteiger partial charge in [0.1, 0.15) is 21.8 Å². The molecule has 0 spiro atoms. The van der Waals surface area contributed by atoms with Gasteiger partial charge < -0.3 is 9.80 Å². The normalized spacial score (nSPS) is 17.8. The summed E-state index contributed by atoms with van der Waals surface area (Å²) >= 11 is 6.91. The lowest BCUT2D eigenvalue weighted by atomic mass is 10.0. The molecule has 0 radical (unpaired) electrons. The van der Waals surface area contributed by atoms with Crippen molar-refractivity contribution in [1.29, 1.82) is 5.26 Å². The molecule has 1 amide bonds. The number of carbonyl (C=O) groups is 1. The molecule has 2 fully saturated rings. The van der Waals surface area contributed by atoms with E-state index in [1.807, 2.05) is 19.9 Å². The molecular weight excluding hydrogens is 502 g/mol. The molecule has 1 aromatic rings. The predicted octanol–water partition coefficient (Wildman–Crippen LogP) is 5.14. The predicted molar refractivity (Wildman–Crippen MR) is 158 cm³/mol. The smallest absolute Gasteiger partial charge is 0.270 e. The van der Waals surface area contributed by atoms with Crippen molar-refractivity contribution in [3.8, 4) is 6.07 Å². The highest BCUT2D eigenvalue weighted by atomic mass is 32.2. The number of nitriles is 1. The molecule has 1 aromatic heterocycles. The lowest BCUT2D eigenvalue weighted by Gasteiger charge is -2.37. The van der Waals surface area contributed by atoms with Crippen LogP contribution >= 0.6 is 24.0 Å². The summed E-state index contributed by atoms with van der Waals surface area (Å²) < 4.78 is 2.33. The summed E-state index contributed by atoms with van der Waals surface area (Å²) in [5, 5.41) is 9.85. The van der Waals surface area contributed by atoms with Crippen LogP contribution in [0.1, 0.15) is 82.4 Å². The van der Waals surface area contributed by atoms with E-state index in [4.69, 9.17) is 12.2 Å². The third kappa shape index (κ3) is 6.84. The van der Waals surface area contributed by atoms with Gasteiger partial charge in [0.05, 0.1) is 4.91 Å². The van der Waals surface area contributed by atoms with Crippen LogP contribution in [0.4, 0.5) is 5.82 Å². The monoisotopic (exact) mass is 543 g/mol. The molecule has 9 heteroatoms. The van der Waals surface area contributed by atoms with Gasteiger partial charge in [-0.1, -0.05) is 76.9 Å². The minimum Gasteiger partial charge on any atom is -0.355 e. The van der Waals surface area contributed by atoms with Crippen LogP contribution in [0.2, 0.25) is 0 Å². The fourth-order valence-corrected chi connectivity index (χ4v) is 6.36. The molecule has 2 aliphatic heterocycles. The van der Waals surface area contributed by atoms with Crippen LogP contribution in [0.15, 0.2) is 9.70 Å². The van der Waals surface area contributed by atoms with Gasteiger partial charge in [-0.25, -0.2) is 0 Å². The van der Waals surface area contributed by atoms with Gasteiger partial charge in [0.15, 0.2) is 0 Å². The van der Waals surface area contributed by atoms with E-state index in [0.717, 1.165) is 63.4 Å². The molecule has 3 rings (SSSR count). The van der Waals surface area contributed by atoms with Gasteiger partial charge in [0, 0.05) is 44.8 Å². The van der Waals surface area contributed by atoms with Crippen LogP contribution in [0.5, 0.6) is 0 Å². The van der Waals surface area contributed by atoms with Crippen molar-refractivity contribution >= 4 is 46.1 Å². The maximum absolute atomic E-state index is 13.4. The summed E-state index contributed by atoms with van der Waals surface area (Å²) in [5.41, 5.74) is 1.32. The molecule has 3 heterocycles. The van der Waals surface area contributed by atoms with Crippen LogP contribution in [0.25, 0.3) is 6.08 Å². The van der Waals surface area contributed by atoms with E-state index in [9.17, 15) is 14.9 Å². The summed E-state index contributed by atoms with van der Waals surface area (Å²) in [5.74, 6) is 0.747. The first-order chi connectivity index (χ1) is 17.9. The average Bonchev–Trinajstić information content (AvgIpc) is 3.16. The largest absolute Gasteiger partial charge is 0.355 e. The third-order valence-electron chi connectivity index (χ3n) is 7.30. The van der Waals surface area contributed by atoms with E-state index in [-0.39, 0.29) is 17.0 Å². The molecule has 7 nitrogen and oxygen atoms in total. The lowest BCUT2D eigenvalue weighted by molar-refractivity contribution is -0.122.